The maximum absolute atomic E-state index is 13.3. The number of piperazine rings is 1. The van der Waals surface area contributed by atoms with Gasteiger partial charge in [-0.2, -0.15) is 10.2 Å². The Balaban J connectivity index is 1.83. The molecule has 1 aliphatic heterocycles. The Hall–Kier alpha value is -3.69. The Morgan fingerprint density at radius 1 is 1.34 bits per heavy atom. The lowest BCUT2D eigenvalue weighted by Crippen LogP contribution is -2.55. The second-order valence-corrected chi connectivity index (χ2v) is 9.92. The lowest BCUT2D eigenvalue weighted by Gasteiger charge is -2.39. The van der Waals surface area contributed by atoms with Gasteiger partial charge in [0.05, 0.1) is 36.0 Å². The van der Waals surface area contributed by atoms with Crippen LogP contribution in [0.2, 0.25) is 10.3 Å². The first kappa shape index (κ1) is 27.3. The highest BCUT2D eigenvalue weighted by Gasteiger charge is 2.47. The summed E-state index contributed by atoms with van der Waals surface area (Å²) in [4.78, 5) is 47.7. The number of carbonyl (C=O) groups excluding carboxylic acids is 1. The molecule has 14 heteroatoms. The van der Waals surface area contributed by atoms with E-state index in [-0.39, 0.29) is 49.3 Å². The Labute approximate surface area is 227 Å². The zero-order chi connectivity index (χ0) is 27.6. The number of aromatic nitrogens is 2. The molecule has 2 aromatic rings. The first-order chi connectivity index (χ1) is 18.1. The van der Waals surface area contributed by atoms with Crippen molar-refractivity contribution in [2.24, 2.45) is 0 Å². The first-order valence-corrected chi connectivity index (χ1v) is 12.6. The molecule has 1 saturated heterocycles. The molecule has 2 heterocycles. The third-order valence-corrected chi connectivity index (χ3v) is 7.68. The van der Waals surface area contributed by atoms with E-state index < -0.39 is 34.1 Å². The van der Waals surface area contributed by atoms with E-state index >= 15 is 0 Å². The van der Waals surface area contributed by atoms with Gasteiger partial charge in [0.25, 0.3) is 0 Å². The van der Waals surface area contributed by atoms with Crippen LogP contribution in [0.25, 0.3) is 0 Å². The number of hydrogen-bond donors (Lipinski definition) is 1. The fourth-order valence-electron chi connectivity index (χ4n) is 5.48. The fourth-order valence-corrected chi connectivity index (χ4v) is 5.93. The Morgan fingerprint density at radius 2 is 2.11 bits per heavy atom. The number of methoxy groups -OCH3 is 1. The summed E-state index contributed by atoms with van der Waals surface area (Å²) in [7, 11) is 1.26. The van der Waals surface area contributed by atoms with Crippen molar-refractivity contribution in [2.45, 2.75) is 43.6 Å². The summed E-state index contributed by atoms with van der Waals surface area (Å²) in [6, 6.07) is 6.45. The van der Waals surface area contributed by atoms with Gasteiger partial charge in [0.2, 0.25) is 11.1 Å². The fraction of sp³-hybridized carbons (Fsp3) is 0.458. The summed E-state index contributed by atoms with van der Waals surface area (Å²) in [5, 5.41) is 31.3. The molecular formula is C24H24Cl2N6O6. The smallest absolute Gasteiger partial charge is 0.407 e. The molecule has 1 N–H and O–H groups in total. The van der Waals surface area contributed by atoms with E-state index in [9.17, 15) is 30.1 Å². The van der Waals surface area contributed by atoms with Crippen LogP contribution in [0.15, 0.2) is 18.2 Å². The maximum Gasteiger partial charge on any atom is 0.407 e. The third-order valence-electron chi connectivity index (χ3n) is 7.16. The summed E-state index contributed by atoms with van der Waals surface area (Å²) in [6.07, 6.45) is 0.108. The molecule has 200 valence electrons. The highest BCUT2D eigenvalue weighted by molar-refractivity contribution is 6.31. The predicted molar refractivity (Wildman–Crippen MR) is 136 cm³/mol. The molecule has 0 bridgehead atoms. The number of ether oxygens (including phenoxy) is 1. The molecule has 1 fully saturated rings. The lowest BCUT2D eigenvalue weighted by molar-refractivity contribution is -0.385. The minimum Gasteiger partial charge on any atom is -0.468 e. The van der Waals surface area contributed by atoms with Gasteiger partial charge in [-0.05, 0) is 48.1 Å². The van der Waals surface area contributed by atoms with Crippen LogP contribution in [0.4, 0.5) is 16.3 Å². The van der Waals surface area contributed by atoms with Gasteiger partial charge in [-0.25, -0.2) is 9.78 Å². The van der Waals surface area contributed by atoms with Crippen LogP contribution in [0.5, 0.6) is 0 Å². The number of halogens is 2. The molecule has 1 amide bonds. The largest absolute Gasteiger partial charge is 0.468 e. The minimum absolute atomic E-state index is 0.00588. The normalized spacial score (nSPS) is 20.8. The van der Waals surface area contributed by atoms with E-state index in [1.807, 2.05) is 6.07 Å². The van der Waals surface area contributed by atoms with Crippen molar-refractivity contribution < 1.29 is 24.4 Å². The zero-order valence-corrected chi connectivity index (χ0v) is 21.9. The van der Waals surface area contributed by atoms with E-state index in [2.05, 4.69) is 9.97 Å². The zero-order valence-electron chi connectivity index (χ0n) is 20.4. The van der Waals surface area contributed by atoms with Gasteiger partial charge in [0.1, 0.15) is 5.69 Å². The highest BCUT2D eigenvalue weighted by atomic mass is 35.5. The molecule has 0 radical (unpaired) electrons. The van der Waals surface area contributed by atoms with Crippen molar-refractivity contribution in [3.05, 3.63) is 55.4 Å². The Bertz CT molecular complexity index is 1330. The molecule has 0 spiro atoms. The summed E-state index contributed by atoms with van der Waals surface area (Å²) in [6.45, 7) is 0.0876. The molecule has 2 unspecified atom stereocenters. The molecule has 1 aliphatic carbocycles. The summed E-state index contributed by atoms with van der Waals surface area (Å²) in [5.74, 6) is -0.671. The van der Waals surface area contributed by atoms with Gasteiger partial charge in [-0.3, -0.25) is 14.9 Å². The predicted octanol–water partition coefficient (Wildman–Crippen LogP) is 3.76. The molecular weight excluding hydrogens is 539 g/mol. The number of rotatable bonds is 6. The van der Waals surface area contributed by atoms with Crippen LogP contribution in [-0.4, -0.2) is 69.7 Å². The van der Waals surface area contributed by atoms with Gasteiger partial charge < -0.3 is 19.6 Å². The van der Waals surface area contributed by atoms with Crippen molar-refractivity contribution >= 4 is 46.8 Å². The molecule has 38 heavy (non-hydrogen) atoms. The number of nitro groups is 1. The van der Waals surface area contributed by atoms with Gasteiger partial charge in [0, 0.05) is 31.1 Å². The molecule has 12 nitrogen and oxygen atoms in total. The number of carboxylic acid groups (broad SMARTS) is 1. The minimum atomic E-state index is -1.29. The number of hydrogen-bond acceptors (Lipinski definition) is 9. The van der Waals surface area contributed by atoms with Crippen molar-refractivity contribution in [2.75, 3.05) is 31.6 Å². The number of amides is 1. The quantitative estimate of drug-likeness (QED) is 0.237. The van der Waals surface area contributed by atoms with Crippen LogP contribution in [0.3, 0.4) is 0 Å². The van der Waals surface area contributed by atoms with Gasteiger partial charge >= 0.3 is 17.7 Å². The van der Waals surface area contributed by atoms with Crippen LogP contribution in [0, 0.1) is 21.4 Å². The Kier molecular flexibility index (Phi) is 7.89. The summed E-state index contributed by atoms with van der Waals surface area (Å²) >= 11 is 12.7. The number of nitriles is 1. The molecule has 2 atom stereocenters. The molecule has 1 aromatic heterocycles. The van der Waals surface area contributed by atoms with Crippen LogP contribution in [0.1, 0.15) is 36.1 Å². The van der Waals surface area contributed by atoms with E-state index in [0.29, 0.717) is 29.8 Å². The topological polar surface area (TPSA) is 163 Å². The van der Waals surface area contributed by atoms with Gasteiger partial charge in [-0.15, -0.1) is 0 Å². The van der Waals surface area contributed by atoms with Gasteiger partial charge in [-0.1, -0.05) is 23.7 Å². The SMILES string of the molecule is COC(=O)C1(Cc2nc(Cl)nc(N3CCN(C(=O)O)C(CC#N)C3)c2[N+](=O)[O-])CCCc2c(Cl)cccc21. The molecule has 0 saturated carbocycles. The monoisotopic (exact) mass is 562 g/mol. The molecule has 1 aromatic carbocycles. The standard InChI is InChI=1S/C24H24Cl2N6O6/c1-38-21(33)24(8-3-4-15-16(24)5-2-6-17(15)25)12-18-19(32(36)37)20(29-22(26)28-18)30-10-11-31(23(34)35)14(13-30)7-9-27/h2,5-6,14H,3-4,7-8,10-13H2,1H3,(H,34,35). The lowest BCUT2D eigenvalue weighted by atomic mass is 9.67. The number of carbonyl (C=O) groups is 2. The Morgan fingerprint density at radius 3 is 2.76 bits per heavy atom. The molecule has 4 rings (SSSR count). The highest BCUT2D eigenvalue weighted by Crippen LogP contribution is 2.45. The second kappa shape index (κ2) is 11.0. The number of nitrogens with zero attached hydrogens (tertiary/aromatic N) is 6. The number of esters is 1. The van der Waals surface area contributed by atoms with Crippen molar-refractivity contribution in [3.63, 3.8) is 0 Å². The number of fused-ring (bicyclic) bond motifs is 1. The van der Waals surface area contributed by atoms with Crippen molar-refractivity contribution in [1.82, 2.24) is 14.9 Å². The van der Waals surface area contributed by atoms with Crippen LogP contribution in [-0.2, 0) is 27.8 Å². The number of benzene rings is 1. The summed E-state index contributed by atoms with van der Waals surface area (Å²) < 4.78 is 5.18. The van der Waals surface area contributed by atoms with E-state index in [4.69, 9.17) is 27.9 Å². The van der Waals surface area contributed by atoms with Gasteiger partial charge in [0.15, 0.2) is 0 Å². The maximum atomic E-state index is 13.3. The first-order valence-electron chi connectivity index (χ1n) is 11.8. The molecule has 2 aliphatic rings. The van der Waals surface area contributed by atoms with Crippen molar-refractivity contribution in [3.8, 4) is 6.07 Å². The van der Waals surface area contributed by atoms with E-state index in [0.717, 1.165) is 10.5 Å². The van der Waals surface area contributed by atoms with Crippen LogP contribution >= 0.6 is 23.2 Å². The van der Waals surface area contributed by atoms with Crippen LogP contribution < -0.4 is 4.90 Å². The van der Waals surface area contributed by atoms with E-state index in [1.54, 1.807) is 18.2 Å². The average molecular weight is 563 g/mol. The number of anilines is 1. The summed E-state index contributed by atoms with van der Waals surface area (Å²) in [5.41, 5.74) is -0.388. The second-order valence-electron chi connectivity index (χ2n) is 9.18. The third kappa shape index (κ3) is 4.91. The van der Waals surface area contributed by atoms with Crippen molar-refractivity contribution in [1.29, 1.82) is 5.26 Å². The van der Waals surface area contributed by atoms with E-state index in [1.165, 1.54) is 12.0 Å². The average Bonchev–Trinajstić information content (AvgIpc) is 2.88.